The van der Waals surface area contributed by atoms with Crippen LogP contribution in [0, 0.1) is 12.8 Å². The first-order chi connectivity index (χ1) is 14.9. The standard InChI is InChI=1S/C22H23N5O3S/c1-3-16-12-25(14-28)13-18(16)20-10-23-21-11-24-22-19(27(20)21)8-9-26(22)31(29,30)17-6-4-15(2)5-7-17/h4-11,14,16,18H,3,12-13H2,1-2H3/t16-,18+/m1/s1. The van der Waals surface area contributed by atoms with E-state index in [4.69, 9.17) is 0 Å². The number of aryl methyl sites for hydroxylation is 1. The summed E-state index contributed by atoms with van der Waals surface area (Å²) in [5, 5.41) is 0. The van der Waals surface area contributed by atoms with Gasteiger partial charge in [0.1, 0.15) is 0 Å². The molecule has 1 aromatic carbocycles. The summed E-state index contributed by atoms with van der Waals surface area (Å²) >= 11 is 0. The largest absolute Gasteiger partial charge is 0.344 e. The Labute approximate surface area is 180 Å². The molecule has 3 aromatic heterocycles. The molecule has 8 nitrogen and oxygen atoms in total. The second-order valence-electron chi connectivity index (χ2n) is 8.11. The fourth-order valence-electron chi connectivity index (χ4n) is 4.57. The zero-order valence-electron chi connectivity index (χ0n) is 17.3. The van der Waals surface area contributed by atoms with Gasteiger partial charge in [-0.25, -0.2) is 22.4 Å². The minimum atomic E-state index is -3.78. The van der Waals surface area contributed by atoms with Crippen LogP contribution in [0.1, 0.15) is 30.5 Å². The summed E-state index contributed by atoms with van der Waals surface area (Å²) < 4.78 is 29.7. The maximum Gasteiger partial charge on any atom is 0.269 e. The van der Waals surface area contributed by atoms with Gasteiger partial charge in [0.05, 0.1) is 16.6 Å². The van der Waals surface area contributed by atoms with Crippen molar-refractivity contribution in [1.82, 2.24) is 23.2 Å². The van der Waals surface area contributed by atoms with Crippen molar-refractivity contribution in [3.63, 3.8) is 0 Å². The predicted octanol–water partition coefficient (Wildman–Crippen LogP) is 2.81. The quantitative estimate of drug-likeness (QED) is 0.448. The third kappa shape index (κ3) is 3.03. The third-order valence-electron chi connectivity index (χ3n) is 6.27. The predicted molar refractivity (Wildman–Crippen MR) is 116 cm³/mol. The molecular formula is C22H23N5O3S. The number of carbonyl (C=O) groups is 1. The van der Waals surface area contributed by atoms with Gasteiger partial charge in [0, 0.05) is 37.1 Å². The van der Waals surface area contributed by atoms with E-state index in [9.17, 15) is 13.2 Å². The molecule has 0 saturated carbocycles. The number of rotatable bonds is 5. The molecule has 4 aromatic rings. The van der Waals surface area contributed by atoms with Crippen LogP contribution in [0.3, 0.4) is 0 Å². The van der Waals surface area contributed by atoms with Crippen molar-refractivity contribution in [2.45, 2.75) is 31.1 Å². The average Bonchev–Trinajstić information content (AvgIpc) is 3.48. The summed E-state index contributed by atoms with van der Waals surface area (Å²) in [6.45, 7) is 5.38. The van der Waals surface area contributed by atoms with Gasteiger partial charge in [-0.05, 0) is 31.0 Å². The highest BCUT2D eigenvalue weighted by Crippen LogP contribution is 2.35. The van der Waals surface area contributed by atoms with Gasteiger partial charge in [-0.2, -0.15) is 0 Å². The molecule has 0 radical (unpaired) electrons. The van der Waals surface area contributed by atoms with Crippen LogP contribution in [0.5, 0.6) is 0 Å². The SMILES string of the molecule is CC[C@@H]1CN(C=O)C[C@@H]1c1cnc2cnc3c(ccn3S(=O)(=O)c3ccc(C)cc3)n12. The van der Waals surface area contributed by atoms with Crippen molar-refractivity contribution in [3.8, 4) is 0 Å². The molecule has 4 heterocycles. The van der Waals surface area contributed by atoms with E-state index < -0.39 is 10.0 Å². The van der Waals surface area contributed by atoms with Crippen LogP contribution < -0.4 is 0 Å². The van der Waals surface area contributed by atoms with Crippen LogP contribution in [-0.4, -0.2) is 51.2 Å². The van der Waals surface area contributed by atoms with E-state index in [0.717, 1.165) is 30.6 Å². The van der Waals surface area contributed by atoms with Gasteiger partial charge in [0.25, 0.3) is 10.0 Å². The van der Waals surface area contributed by atoms with E-state index >= 15 is 0 Å². The first-order valence-electron chi connectivity index (χ1n) is 10.3. The number of imidazole rings is 1. The van der Waals surface area contributed by atoms with Crippen molar-refractivity contribution in [3.05, 3.63) is 60.2 Å². The Kier molecular flexibility index (Phi) is 4.58. The molecule has 1 aliphatic rings. The third-order valence-corrected chi connectivity index (χ3v) is 7.95. The van der Waals surface area contributed by atoms with E-state index in [-0.39, 0.29) is 10.8 Å². The van der Waals surface area contributed by atoms with E-state index in [1.807, 2.05) is 17.5 Å². The molecule has 5 rings (SSSR count). The molecule has 31 heavy (non-hydrogen) atoms. The first-order valence-corrected chi connectivity index (χ1v) is 11.7. The van der Waals surface area contributed by atoms with Crippen LogP contribution in [0.25, 0.3) is 16.8 Å². The summed E-state index contributed by atoms with van der Waals surface area (Å²) in [6, 6.07) is 8.54. The lowest BCUT2D eigenvalue weighted by Crippen LogP contribution is -2.18. The molecule has 0 unspecified atom stereocenters. The van der Waals surface area contributed by atoms with Crippen molar-refractivity contribution in [2.75, 3.05) is 13.1 Å². The Balaban J connectivity index is 1.67. The fourth-order valence-corrected chi connectivity index (χ4v) is 5.86. The van der Waals surface area contributed by atoms with Crippen molar-refractivity contribution < 1.29 is 13.2 Å². The molecule has 0 N–H and O–H groups in total. The fraction of sp³-hybridized carbons (Fsp3) is 0.318. The monoisotopic (exact) mass is 437 g/mol. The first kappa shape index (κ1) is 19.7. The number of hydrogen-bond donors (Lipinski definition) is 0. The van der Waals surface area contributed by atoms with Crippen LogP contribution >= 0.6 is 0 Å². The minimum absolute atomic E-state index is 0.132. The lowest BCUT2D eigenvalue weighted by Gasteiger charge is -2.16. The molecule has 160 valence electrons. The van der Waals surface area contributed by atoms with Crippen LogP contribution in [0.15, 0.2) is 53.8 Å². The highest BCUT2D eigenvalue weighted by atomic mass is 32.2. The second kappa shape index (κ2) is 7.19. The van der Waals surface area contributed by atoms with Crippen LogP contribution in [-0.2, 0) is 14.8 Å². The van der Waals surface area contributed by atoms with E-state index in [0.29, 0.717) is 29.3 Å². The lowest BCUT2D eigenvalue weighted by molar-refractivity contribution is -0.117. The summed E-state index contributed by atoms with van der Waals surface area (Å²) in [5.74, 6) is 0.458. The number of benzene rings is 1. The highest BCUT2D eigenvalue weighted by molar-refractivity contribution is 7.90. The lowest BCUT2D eigenvalue weighted by atomic mass is 9.91. The zero-order valence-corrected chi connectivity index (χ0v) is 18.2. The number of fused-ring (bicyclic) bond motifs is 3. The molecule has 1 amide bonds. The molecule has 9 heteroatoms. The summed E-state index contributed by atoms with van der Waals surface area (Å²) in [4.78, 5) is 22.3. The molecule has 1 aliphatic heterocycles. The van der Waals surface area contributed by atoms with Gasteiger partial charge >= 0.3 is 0 Å². The second-order valence-corrected chi connectivity index (χ2v) is 9.92. The molecule has 0 bridgehead atoms. The number of likely N-dealkylation sites (tertiary alicyclic amines) is 1. The zero-order chi connectivity index (χ0) is 21.8. The van der Waals surface area contributed by atoms with Gasteiger partial charge in [-0.1, -0.05) is 31.0 Å². The molecule has 2 atom stereocenters. The van der Waals surface area contributed by atoms with Crippen molar-refractivity contribution in [2.24, 2.45) is 5.92 Å². The van der Waals surface area contributed by atoms with Gasteiger partial charge in [-0.15, -0.1) is 0 Å². The molecule has 0 aliphatic carbocycles. The average molecular weight is 438 g/mol. The topological polar surface area (TPSA) is 89.6 Å². The highest BCUT2D eigenvalue weighted by Gasteiger charge is 2.34. The Morgan fingerprint density at radius 1 is 1.10 bits per heavy atom. The van der Waals surface area contributed by atoms with Crippen LogP contribution in [0.4, 0.5) is 0 Å². The van der Waals surface area contributed by atoms with Gasteiger partial charge in [0.15, 0.2) is 11.3 Å². The molecule has 0 spiro atoms. The number of carbonyl (C=O) groups excluding carboxylic acids is 1. The normalized spacial score (nSPS) is 19.5. The van der Waals surface area contributed by atoms with Crippen molar-refractivity contribution >= 4 is 33.2 Å². The summed E-state index contributed by atoms with van der Waals surface area (Å²) in [5.41, 5.74) is 3.66. The maximum absolute atomic E-state index is 13.3. The van der Waals surface area contributed by atoms with Crippen LogP contribution in [0.2, 0.25) is 0 Å². The number of nitrogens with zero attached hydrogens (tertiary/aromatic N) is 5. The van der Waals surface area contributed by atoms with Gasteiger partial charge in [-0.3, -0.25) is 9.20 Å². The summed E-state index contributed by atoms with van der Waals surface area (Å²) in [6.07, 6.45) is 6.80. The Bertz CT molecular complexity index is 1390. The maximum atomic E-state index is 13.3. The number of hydrogen-bond acceptors (Lipinski definition) is 5. The number of aromatic nitrogens is 4. The van der Waals surface area contributed by atoms with Gasteiger partial charge in [0.2, 0.25) is 6.41 Å². The van der Waals surface area contributed by atoms with Crippen molar-refractivity contribution in [1.29, 1.82) is 0 Å². The van der Waals surface area contributed by atoms with E-state index in [1.54, 1.807) is 47.6 Å². The Morgan fingerprint density at radius 2 is 1.87 bits per heavy atom. The minimum Gasteiger partial charge on any atom is -0.344 e. The molecular weight excluding hydrogens is 414 g/mol. The summed E-state index contributed by atoms with van der Waals surface area (Å²) in [7, 11) is -3.78. The Hall–Kier alpha value is -3.20. The number of amides is 1. The molecule has 1 fully saturated rings. The smallest absolute Gasteiger partial charge is 0.269 e. The Morgan fingerprint density at radius 3 is 2.58 bits per heavy atom. The van der Waals surface area contributed by atoms with E-state index in [2.05, 4.69) is 16.9 Å². The molecule has 1 saturated heterocycles. The van der Waals surface area contributed by atoms with Gasteiger partial charge < -0.3 is 4.90 Å². The van der Waals surface area contributed by atoms with E-state index in [1.165, 1.54) is 3.97 Å².